The van der Waals surface area contributed by atoms with E-state index in [4.69, 9.17) is 10.5 Å². The highest BCUT2D eigenvalue weighted by Gasteiger charge is 2.55. The van der Waals surface area contributed by atoms with Gasteiger partial charge in [0.05, 0.1) is 19.1 Å². The van der Waals surface area contributed by atoms with Crippen molar-refractivity contribution >= 4 is 17.1 Å². The molecule has 5 N–H and O–H groups in total. The summed E-state index contributed by atoms with van der Waals surface area (Å²) in [6, 6.07) is 0. The topological polar surface area (TPSA) is 140 Å². The second-order valence-corrected chi connectivity index (χ2v) is 4.94. The molecule has 0 aromatic carbocycles. The lowest BCUT2D eigenvalue weighted by Gasteiger charge is -2.26. The van der Waals surface area contributed by atoms with Gasteiger partial charge >= 0.3 is 0 Å². The maximum atomic E-state index is 10.7. The lowest BCUT2D eigenvalue weighted by molar-refractivity contribution is -0.0722. The molecule has 0 saturated carbocycles. The fourth-order valence-electron chi connectivity index (χ4n) is 2.54. The number of nitrogen functional groups attached to an aromatic ring is 1. The minimum absolute atomic E-state index is 0.0385. The molecule has 1 fully saturated rings. The van der Waals surface area contributed by atoms with E-state index in [1.807, 2.05) is 0 Å². The van der Waals surface area contributed by atoms with Gasteiger partial charge in [-0.3, -0.25) is 4.57 Å². The lowest BCUT2D eigenvalue weighted by atomic mass is 9.94. The number of hydrogen-bond donors (Lipinski definition) is 4. The number of aliphatic hydroxyl groups is 3. The first-order chi connectivity index (χ1) is 10.5. The number of fused-ring (bicyclic) bond motifs is 1. The number of nitrogens with two attached hydrogens (primary N) is 1. The van der Waals surface area contributed by atoms with Gasteiger partial charge in [-0.15, -0.1) is 5.92 Å². The van der Waals surface area contributed by atoms with E-state index < -0.39 is 30.6 Å². The first-order valence-electron chi connectivity index (χ1n) is 6.57. The van der Waals surface area contributed by atoms with Gasteiger partial charge in [-0.05, 0) is 6.92 Å². The van der Waals surface area contributed by atoms with Crippen LogP contribution in [0.3, 0.4) is 0 Å². The van der Waals surface area contributed by atoms with Crippen molar-refractivity contribution in [3.63, 3.8) is 0 Å². The van der Waals surface area contributed by atoms with Crippen molar-refractivity contribution in [1.82, 2.24) is 19.5 Å². The third kappa shape index (κ3) is 2.01. The molecule has 0 spiro atoms. The fraction of sp³-hybridized carbons (Fsp3) is 0.462. The predicted octanol–water partition coefficient (Wildman–Crippen LogP) is -1.59. The van der Waals surface area contributed by atoms with Crippen LogP contribution in [0, 0.1) is 11.8 Å². The average molecular weight is 305 g/mol. The SMILES string of the molecule is CC#CC1(O)C(O)[C@@H](CO)O[C@H]1n1cnc2cnc(N)nc21. The first kappa shape index (κ1) is 14.7. The monoisotopic (exact) mass is 305 g/mol. The minimum atomic E-state index is -1.91. The predicted molar refractivity (Wildman–Crippen MR) is 75.1 cm³/mol. The van der Waals surface area contributed by atoms with Crippen molar-refractivity contribution in [2.75, 3.05) is 12.3 Å². The molecule has 0 aliphatic carbocycles. The Bertz CT molecular complexity index is 767. The molecule has 116 valence electrons. The van der Waals surface area contributed by atoms with Gasteiger partial charge in [-0.25, -0.2) is 9.97 Å². The van der Waals surface area contributed by atoms with Gasteiger partial charge in [0.2, 0.25) is 5.95 Å². The Labute approximate surface area is 125 Å². The summed E-state index contributed by atoms with van der Waals surface area (Å²) in [5, 5.41) is 30.2. The van der Waals surface area contributed by atoms with E-state index in [1.54, 1.807) is 0 Å². The van der Waals surface area contributed by atoms with Crippen molar-refractivity contribution in [1.29, 1.82) is 0 Å². The Morgan fingerprint density at radius 2 is 2.27 bits per heavy atom. The Balaban J connectivity index is 2.14. The van der Waals surface area contributed by atoms with Crippen LogP contribution in [0.2, 0.25) is 0 Å². The molecule has 4 atom stereocenters. The molecule has 1 saturated heterocycles. The summed E-state index contributed by atoms with van der Waals surface area (Å²) < 4.78 is 6.97. The quantitative estimate of drug-likeness (QED) is 0.487. The van der Waals surface area contributed by atoms with Crippen LogP contribution in [0.4, 0.5) is 5.95 Å². The van der Waals surface area contributed by atoms with Crippen LogP contribution in [0.1, 0.15) is 13.2 Å². The molecule has 2 aromatic rings. The third-order valence-corrected chi connectivity index (χ3v) is 3.58. The third-order valence-electron chi connectivity index (χ3n) is 3.58. The van der Waals surface area contributed by atoms with Crippen molar-refractivity contribution in [2.45, 2.75) is 31.0 Å². The van der Waals surface area contributed by atoms with Crippen LogP contribution in [0.25, 0.3) is 11.2 Å². The van der Waals surface area contributed by atoms with Crippen molar-refractivity contribution in [3.8, 4) is 11.8 Å². The van der Waals surface area contributed by atoms with E-state index >= 15 is 0 Å². The highest BCUT2D eigenvalue weighted by molar-refractivity contribution is 5.70. The molecule has 9 nitrogen and oxygen atoms in total. The molecule has 3 rings (SSSR count). The highest BCUT2D eigenvalue weighted by Crippen LogP contribution is 2.39. The van der Waals surface area contributed by atoms with Crippen LogP contribution in [0.15, 0.2) is 12.5 Å². The molecule has 22 heavy (non-hydrogen) atoms. The first-order valence-corrected chi connectivity index (χ1v) is 6.57. The number of aliphatic hydroxyl groups excluding tert-OH is 2. The number of hydrogen-bond acceptors (Lipinski definition) is 8. The molecular weight excluding hydrogens is 290 g/mol. The minimum Gasteiger partial charge on any atom is -0.394 e. The second kappa shape index (κ2) is 5.19. The molecule has 2 aromatic heterocycles. The van der Waals surface area contributed by atoms with Gasteiger partial charge < -0.3 is 25.8 Å². The maximum absolute atomic E-state index is 10.7. The largest absolute Gasteiger partial charge is 0.394 e. The standard InChI is InChI=1S/C13H15N5O4/c1-2-3-13(21)9(20)8(5-19)22-11(13)18-6-16-7-4-15-12(14)17-10(7)18/h4,6,8-9,11,19-21H,5H2,1H3,(H2,14,15,17)/t8-,9?,11-,13?/m1/s1. The van der Waals surface area contributed by atoms with Gasteiger partial charge in [-0.1, -0.05) is 5.92 Å². The van der Waals surface area contributed by atoms with E-state index in [9.17, 15) is 15.3 Å². The molecule has 9 heteroatoms. The number of imidazole rings is 1. The summed E-state index contributed by atoms with van der Waals surface area (Å²) in [6.07, 6.45) is -0.628. The molecule has 0 radical (unpaired) electrons. The molecule has 2 unspecified atom stereocenters. The number of aromatic nitrogens is 4. The Morgan fingerprint density at radius 1 is 1.50 bits per heavy atom. The molecule has 1 aliphatic rings. The smallest absolute Gasteiger partial charge is 0.222 e. The van der Waals surface area contributed by atoms with Crippen LogP contribution in [-0.2, 0) is 4.74 Å². The van der Waals surface area contributed by atoms with Gasteiger partial charge in [-0.2, -0.15) is 4.98 Å². The van der Waals surface area contributed by atoms with Crippen LogP contribution >= 0.6 is 0 Å². The molecule has 0 bridgehead atoms. The summed E-state index contributed by atoms with van der Waals surface area (Å²) in [5.74, 6) is 5.15. The lowest BCUT2D eigenvalue weighted by Crippen LogP contribution is -2.45. The van der Waals surface area contributed by atoms with E-state index in [-0.39, 0.29) is 5.95 Å². The molecule has 3 heterocycles. The van der Waals surface area contributed by atoms with Gasteiger partial charge in [0, 0.05) is 0 Å². The maximum Gasteiger partial charge on any atom is 0.222 e. The highest BCUT2D eigenvalue weighted by atomic mass is 16.6. The van der Waals surface area contributed by atoms with Crippen molar-refractivity contribution in [2.24, 2.45) is 0 Å². The number of rotatable bonds is 2. The molecule has 0 amide bonds. The normalized spacial score (nSPS) is 31.2. The van der Waals surface area contributed by atoms with E-state index in [2.05, 4.69) is 26.8 Å². The second-order valence-electron chi connectivity index (χ2n) is 4.94. The summed E-state index contributed by atoms with van der Waals surface area (Å²) >= 11 is 0. The zero-order valence-electron chi connectivity index (χ0n) is 11.7. The van der Waals surface area contributed by atoms with Crippen LogP contribution < -0.4 is 5.73 Å². The number of anilines is 1. The van der Waals surface area contributed by atoms with Crippen molar-refractivity contribution < 1.29 is 20.1 Å². The summed E-state index contributed by atoms with van der Waals surface area (Å²) in [4.78, 5) is 12.0. The average Bonchev–Trinajstić information content (AvgIpc) is 3.00. The zero-order chi connectivity index (χ0) is 15.9. The summed E-state index contributed by atoms with van der Waals surface area (Å²) in [5.41, 5.74) is 4.45. The molecule has 1 aliphatic heterocycles. The fourth-order valence-corrected chi connectivity index (χ4v) is 2.54. The van der Waals surface area contributed by atoms with Crippen LogP contribution in [-0.4, -0.2) is 59.3 Å². The van der Waals surface area contributed by atoms with Gasteiger partial charge in [0.1, 0.15) is 17.7 Å². The van der Waals surface area contributed by atoms with Gasteiger partial charge in [0.25, 0.3) is 0 Å². The molecular formula is C13H15N5O4. The number of nitrogens with zero attached hydrogens (tertiary/aromatic N) is 4. The number of ether oxygens (including phenoxy) is 1. The van der Waals surface area contributed by atoms with Gasteiger partial charge in [0.15, 0.2) is 17.5 Å². The van der Waals surface area contributed by atoms with Crippen LogP contribution in [0.5, 0.6) is 0 Å². The Morgan fingerprint density at radius 3 is 2.95 bits per heavy atom. The Hall–Kier alpha value is -2.25. The van der Waals surface area contributed by atoms with Crippen molar-refractivity contribution in [3.05, 3.63) is 12.5 Å². The Kier molecular flexibility index (Phi) is 3.46. The van der Waals surface area contributed by atoms with E-state index in [0.717, 1.165) is 0 Å². The summed E-state index contributed by atoms with van der Waals surface area (Å²) in [6.45, 7) is 1.06. The van der Waals surface area contributed by atoms with E-state index in [1.165, 1.54) is 24.0 Å². The zero-order valence-corrected chi connectivity index (χ0v) is 11.7. The van der Waals surface area contributed by atoms with E-state index in [0.29, 0.717) is 11.2 Å². The summed E-state index contributed by atoms with van der Waals surface area (Å²) in [7, 11) is 0.